The Morgan fingerprint density at radius 1 is 1.22 bits per heavy atom. The van der Waals surface area contributed by atoms with E-state index in [9.17, 15) is 4.79 Å². The molecule has 1 saturated heterocycles. The van der Waals surface area contributed by atoms with E-state index in [-0.39, 0.29) is 11.9 Å². The van der Waals surface area contributed by atoms with Crippen LogP contribution in [0, 0.1) is 0 Å². The predicted octanol–water partition coefficient (Wildman–Crippen LogP) is 2.89. The van der Waals surface area contributed by atoms with Crippen LogP contribution in [0.4, 0.5) is 0 Å². The first-order chi connectivity index (χ1) is 11.2. The summed E-state index contributed by atoms with van der Waals surface area (Å²) < 4.78 is 7.21. The number of carbonyl (C=O) groups is 1. The Labute approximate surface area is 137 Å². The minimum absolute atomic E-state index is 0.101. The van der Waals surface area contributed by atoms with Gasteiger partial charge in [0.15, 0.2) is 12.4 Å². The van der Waals surface area contributed by atoms with Gasteiger partial charge in [-0.1, -0.05) is 0 Å². The Kier molecular flexibility index (Phi) is 4.60. The monoisotopic (exact) mass is 311 g/mol. The summed E-state index contributed by atoms with van der Waals surface area (Å²) in [6.45, 7) is 0.814. The topological polar surface area (TPSA) is 33.4 Å². The average Bonchev–Trinajstić information content (AvgIpc) is 2.61. The maximum absolute atomic E-state index is 12.9. The molecule has 1 aliphatic rings. The van der Waals surface area contributed by atoms with Crippen molar-refractivity contribution in [1.82, 2.24) is 4.90 Å². The molecule has 0 radical (unpaired) electrons. The van der Waals surface area contributed by atoms with Crippen LogP contribution in [0.3, 0.4) is 0 Å². The number of nitrogens with zero attached hydrogens (tertiary/aromatic N) is 2. The number of rotatable bonds is 3. The lowest BCUT2D eigenvalue weighted by Gasteiger charge is -2.35. The molecule has 0 N–H and O–H groups in total. The van der Waals surface area contributed by atoms with E-state index >= 15 is 0 Å². The van der Waals surface area contributed by atoms with E-state index in [1.165, 1.54) is 5.56 Å². The fraction of sp³-hybridized carbons (Fsp3) is 0.368. The molecule has 4 nitrogen and oxygen atoms in total. The van der Waals surface area contributed by atoms with E-state index in [2.05, 4.69) is 12.3 Å². The van der Waals surface area contributed by atoms with Crippen LogP contribution in [0.15, 0.2) is 48.8 Å². The predicted molar refractivity (Wildman–Crippen MR) is 88.2 cm³/mol. The number of carbonyl (C=O) groups excluding carboxylic acids is 1. The average molecular weight is 311 g/mol. The molecule has 3 rings (SSSR count). The molecule has 1 atom stereocenters. The maximum Gasteiger partial charge on any atom is 0.254 e. The van der Waals surface area contributed by atoms with Gasteiger partial charge in [-0.3, -0.25) is 4.79 Å². The first-order valence-electron chi connectivity index (χ1n) is 8.09. The van der Waals surface area contributed by atoms with Crippen molar-refractivity contribution >= 4 is 5.91 Å². The number of ether oxygens (including phenoxy) is 1. The minimum Gasteiger partial charge on any atom is -0.497 e. The quantitative estimate of drug-likeness (QED) is 0.817. The molecule has 0 aliphatic carbocycles. The molecule has 1 aromatic carbocycles. The van der Waals surface area contributed by atoms with E-state index < -0.39 is 0 Å². The summed E-state index contributed by atoms with van der Waals surface area (Å²) in [5.74, 6) is 0.871. The maximum atomic E-state index is 12.9. The van der Waals surface area contributed by atoms with Gasteiger partial charge in [0.05, 0.1) is 13.2 Å². The summed E-state index contributed by atoms with van der Waals surface area (Å²) in [7, 11) is 3.65. The summed E-state index contributed by atoms with van der Waals surface area (Å²) in [4.78, 5) is 15.0. The number of pyridine rings is 1. The highest BCUT2D eigenvalue weighted by molar-refractivity contribution is 5.94. The molecule has 0 bridgehead atoms. The normalized spacial score (nSPS) is 17.8. The molecular weight excluding hydrogens is 288 g/mol. The van der Waals surface area contributed by atoms with Gasteiger partial charge in [0.1, 0.15) is 12.8 Å². The second kappa shape index (κ2) is 6.82. The summed E-state index contributed by atoms with van der Waals surface area (Å²) in [5.41, 5.74) is 1.93. The third kappa shape index (κ3) is 3.36. The van der Waals surface area contributed by atoms with Crippen molar-refractivity contribution in [2.45, 2.75) is 25.3 Å². The van der Waals surface area contributed by atoms with E-state index in [0.29, 0.717) is 0 Å². The Morgan fingerprint density at radius 3 is 2.70 bits per heavy atom. The van der Waals surface area contributed by atoms with E-state index in [1.807, 2.05) is 53.0 Å². The second-order valence-corrected chi connectivity index (χ2v) is 6.04. The molecule has 120 valence electrons. The number of amides is 1. The number of aryl methyl sites for hydroxylation is 1. The minimum atomic E-state index is 0.101. The van der Waals surface area contributed by atoms with Gasteiger partial charge in [0.25, 0.3) is 5.91 Å². The number of aromatic nitrogens is 1. The molecule has 2 heterocycles. The van der Waals surface area contributed by atoms with Crippen molar-refractivity contribution in [3.05, 3.63) is 59.9 Å². The lowest BCUT2D eigenvalue weighted by molar-refractivity contribution is -0.672. The van der Waals surface area contributed by atoms with E-state index in [1.54, 1.807) is 7.11 Å². The molecule has 1 aliphatic heterocycles. The summed E-state index contributed by atoms with van der Waals surface area (Å²) in [6, 6.07) is 11.7. The van der Waals surface area contributed by atoms with Crippen molar-refractivity contribution < 1.29 is 14.1 Å². The van der Waals surface area contributed by atoms with Crippen LogP contribution >= 0.6 is 0 Å². The third-order valence-corrected chi connectivity index (χ3v) is 4.45. The molecule has 0 spiro atoms. The Hall–Kier alpha value is -2.36. The lowest BCUT2D eigenvalue weighted by Crippen LogP contribution is -2.39. The molecular formula is C19H23N2O2+. The van der Waals surface area contributed by atoms with E-state index in [0.717, 1.165) is 37.1 Å². The van der Waals surface area contributed by atoms with Gasteiger partial charge in [-0.05, 0) is 49.6 Å². The van der Waals surface area contributed by atoms with Crippen LogP contribution in [0.25, 0.3) is 0 Å². The lowest BCUT2D eigenvalue weighted by atomic mass is 9.95. The van der Waals surface area contributed by atoms with Gasteiger partial charge in [0.2, 0.25) is 0 Å². The number of hydrogen-bond donors (Lipinski definition) is 0. The van der Waals surface area contributed by atoms with Gasteiger partial charge >= 0.3 is 0 Å². The van der Waals surface area contributed by atoms with Crippen LogP contribution < -0.4 is 9.30 Å². The van der Waals surface area contributed by atoms with Crippen LogP contribution in [-0.4, -0.2) is 24.5 Å². The van der Waals surface area contributed by atoms with E-state index in [4.69, 9.17) is 4.74 Å². The fourth-order valence-corrected chi connectivity index (χ4v) is 3.23. The molecule has 23 heavy (non-hydrogen) atoms. The van der Waals surface area contributed by atoms with Gasteiger partial charge in [-0.2, -0.15) is 0 Å². The van der Waals surface area contributed by atoms with Crippen LogP contribution in [0.5, 0.6) is 5.75 Å². The van der Waals surface area contributed by atoms with Gasteiger partial charge < -0.3 is 9.64 Å². The zero-order valence-corrected chi connectivity index (χ0v) is 13.7. The molecule has 0 saturated carbocycles. The standard InChI is InChI=1S/C19H23N2O2/c1-20-12-5-6-16(14-20)18-7-3-4-13-21(18)19(22)15-8-10-17(23-2)11-9-15/h5-6,8-12,14,18H,3-4,7,13H2,1-2H3/q+1. The summed E-state index contributed by atoms with van der Waals surface area (Å²) in [6.07, 6.45) is 7.38. The zero-order valence-electron chi connectivity index (χ0n) is 13.7. The van der Waals surface area contributed by atoms with Crippen molar-refractivity contribution in [2.24, 2.45) is 7.05 Å². The van der Waals surface area contributed by atoms with Gasteiger partial charge in [-0.15, -0.1) is 0 Å². The molecule has 4 heteroatoms. The largest absolute Gasteiger partial charge is 0.497 e. The molecule has 2 aromatic rings. The smallest absolute Gasteiger partial charge is 0.254 e. The number of likely N-dealkylation sites (tertiary alicyclic amines) is 1. The first kappa shape index (κ1) is 15.5. The summed E-state index contributed by atoms with van der Waals surface area (Å²) in [5, 5.41) is 0. The highest BCUT2D eigenvalue weighted by Crippen LogP contribution is 2.31. The zero-order chi connectivity index (χ0) is 16.2. The fourth-order valence-electron chi connectivity index (χ4n) is 3.23. The van der Waals surface area contributed by atoms with Crippen LogP contribution in [-0.2, 0) is 7.05 Å². The van der Waals surface area contributed by atoms with Crippen LogP contribution in [0.2, 0.25) is 0 Å². The number of methoxy groups -OCH3 is 1. The van der Waals surface area contributed by atoms with Crippen LogP contribution in [0.1, 0.15) is 41.2 Å². The highest BCUT2D eigenvalue weighted by atomic mass is 16.5. The van der Waals surface area contributed by atoms with Crippen molar-refractivity contribution in [1.29, 1.82) is 0 Å². The number of hydrogen-bond acceptors (Lipinski definition) is 2. The molecule has 1 unspecified atom stereocenters. The van der Waals surface area contributed by atoms with Gasteiger partial charge in [0, 0.05) is 23.7 Å². The highest BCUT2D eigenvalue weighted by Gasteiger charge is 2.29. The second-order valence-electron chi connectivity index (χ2n) is 6.04. The third-order valence-electron chi connectivity index (χ3n) is 4.45. The van der Waals surface area contributed by atoms with Gasteiger partial charge in [-0.25, -0.2) is 4.57 Å². The summed E-state index contributed by atoms with van der Waals surface area (Å²) >= 11 is 0. The molecule has 1 aromatic heterocycles. The number of benzene rings is 1. The SMILES string of the molecule is COc1ccc(C(=O)N2CCCCC2c2ccc[n+](C)c2)cc1. The van der Waals surface area contributed by atoms with Crippen molar-refractivity contribution in [3.63, 3.8) is 0 Å². The molecule has 1 amide bonds. The Morgan fingerprint density at radius 2 is 2.00 bits per heavy atom. The first-order valence-corrected chi connectivity index (χ1v) is 8.09. The molecule has 1 fully saturated rings. The number of piperidine rings is 1. The van der Waals surface area contributed by atoms with Crippen molar-refractivity contribution in [3.8, 4) is 5.75 Å². The Balaban J connectivity index is 1.86. The van der Waals surface area contributed by atoms with Crippen molar-refractivity contribution in [2.75, 3.05) is 13.7 Å². The Bertz CT molecular complexity index is 682.